The number of carbonyl (C=O) groups excluding carboxylic acids is 2. The van der Waals surface area contributed by atoms with Gasteiger partial charge in [-0.25, -0.2) is 0 Å². The molecule has 1 saturated heterocycles. The van der Waals surface area contributed by atoms with E-state index in [0.29, 0.717) is 33.6 Å². The Morgan fingerprint density at radius 3 is 2.77 bits per heavy atom. The van der Waals surface area contributed by atoms with Gasteiger partial charge in [0.25, 0.3) is 5.91 Å². The average molecular weight is 388 g/mol. The van der Waals surface area contributed by atoms with Crippen molar-refractivity contribution in [2.75, 3.05) is 11.9 Å². The van der Waals surface area contributed by atoms with E-state index in [4.69, 9.17) is 16.6 Å². The maximum Gasteiger partial charge on any atom is 0.266 e. The van der Waals surface area contributed by atoms with Gasteiger partial charge in [0.15, 0.2) is 0 Å². The normalized spacial score (nSPS) is 15.7. The van der Waals surface area contributed by atoms with E-state index in [-0.39, 0.29) is 24.0 Å². The van der Waals surface area contributed by atoms with Crippen LogP contribution in [0.15, 0.2) is 52.0 Å². The Kier molecular flexibility index (Phi) is 5.75. The molecule has 1 aromatic heterocycles. The van der Waals surface area contributed by atoms with E-state index in [1.54, 1.807) is 36.6 Å². The zero-order chi connectivity index (χ0) is 18.5. The van der Waals surface area contributed by atoms with Crippen LogP contribution in [0.1, 0.15) is 18.6 Å². The predicted molar refractivity (Wildman–Crippen MR) is 105 cm³/mol. The lowest BCUT2D eigenvalue weighted by atomic mass is 10.2. The Morgan fingerprint density at radius 2 is 2.08 bits per heavy atom. The second-order valence-corrected chi connectivity index (χ2v) is 7.22. The van der Waals surface area contributed by atoms with E-state index in [1.165, 1.54) is 28.8 Å². The van der Waals surface area contributed by atoms with Gasteiger partial charge in [-0.05, 0) is 42.8 Å². The van der Waals surface area contributed by atoms with Crippen molar-refractivity contribution in [1.82, 2.24) is 4.90 Å². The third-order valence-corrected chi connectivity index (χ3v) is 5.00. The summed E-state index contributed by atoms with van der Waals surface area (Å²) in [7, 11) is 0. The van der Waals surface area contributed by atoms with Crippen LogP contribution in [0.5, 0.6) is 5.75 Å². The van der Waals surface area contributed by atoms with Crippen LogP contribution in [0.25, 0.3) is 6.08 Å². The quantitative estimate of drug-likeness (QED) is 0.447. The Bertz CT molecular complexity index is 845. The molecule has 134 valence electrons. The highest BCUT2D eigenvalue weighted by atomic mass is 32.2. The molecule has 0 spiro atoms. The summed E-state index contributed by atoms with van der Waals surface area (Å²) in [6, 6.07) is 9.75. The minimum absolute atomic E-state index is 0.139. The van der Waals surface area contributed by atoms with E-state index in [1.807, 2.05) is 0 Å². The summed E-state index contributed by atoms with van der Waals surface area (Å²) in [6.07, 6.45) is 3.95. The molecule has 2 aromatic rings. The molecule has 1 aromatic carbocycles. The molecular weight excluding hydrogens is 372 g/mol. The summed E-state index contributed by atoms with van der Waals surface area (Å²) in [5, 5.41) is 12.0. The van der Waals surface area contributed by atoms with E-state index in [2.05, 4.69) is 5.32 Å². The molecule has 1 fully saturated rings. The monoisotopic (exact) mass is 388 g/mol. The van der Waals surface area contributed by atoms with Crippen molar-refractivity contribution in [3.63, 3.8) is 0 Å². The van der Waals surface area contributed by atoms with E-state index >= 15 is 0 Å². The number of thioether (sulfide) groups is 1. The number of benzene rings is 1. The number of nitrogens with zero attached hydrogens (tertiary/aromatic N) is 1. The van der Waals surface area contributed by atoms with Crippen LogP contribution in [-0.4, -0.2) is 32.7 Å². The largest absolute Gasteiger partial charge is 0.508 e. The van der Waals surface area contributed by atoms with Gasteiger partial charge >= 0.3 is 0 Å². The molecule has 2 N–H and O–H groups in total. The second-order valence-electron chi connectivity index (χ2n) is 5.55. The smallest absolute Gasteiger partial charge is 0.266 e. The molecule has 0 bridgehead atoms. The molecule has 1 aliphatic heterocycles. The number of furan rings is 1. The van der Waals surface area contributed by atoms with Crippen molar-refractivity contribution >= 4 is 51.9 Å². The number of carbonyl (C=O) groups is 2. The first-order valence-corrected chi connectivity index (χ1v) is 9.13. The highest BCUT2D eigenvalue weighted by Crippen LogP contribution is 2.32. The highest BCUT2D eigenvalue weighted by Gasteiger charge is 2.31. The SMILES string of the molecule is O=C(CCCN1C(=O)/C(=C/c2ccco2)SC1=S)Nc1ccc(O)cc1. The molecule has 26 heavy (non-hydrogen) atoms. The third-order valence-electron chi connectivity index (χ3n) is 3.63. The number of anilines is 1. The zero-order valence-corrected chi connectivity index (χ0v) is 15.3. The average Bonchev–Trinajstić information content (AvgIpc) is 3.21. The molecular formula is C18H16N2O4S2. The maximum absolute atomic E-state index is 12.4. The molecule has 3 rings (SSSR count). The fourth-order valence-corrected chi connectivity index (χ4v) is 3.65. The van der Waals surface area contributed by atoms with Crippen molar-refractivity contribution in [2.45, 2.75) is 12.8 Å². The van der Waals surface area contributed by atoms with Crippen LogP contribution in [0.2, 0.25) is 0 Å². The number of hydrogen-bond acceptors (Lipinski definition) is 6. The van der Waals surface area contributed by atoms with E-state index in [9.17, 15) is 14.7 Å². The van der Waals surface area contributed by atoms with Gasteiger partial charge in [-0.15, -0.1) is 0 Å². The summed E-state index contributed by atoms with van der Waals surface area (Å²) in [5.74, 6) is 0.404. The number of hydrogen-bond donors (Lipinski definition) is 2. The summed E-state index contributed by atoms with van der Waals surface area (Å²) in [5.41, 5.74) is 0.611. The zero-order valence-electron chi connectivity index (χ0n) is 13.7. The van der Waals surface area contributed by atoms with Crippen LogP contribution in [0, 0.1) is 0 Å². The lowest BCUT2D eigenvalue weighted by Crippen LogP contribution is -2.29. The molecule has 2 amide bonds. The van der Waals surface area contributed by atoms with Crippen LogP contribution in [0.3, 0.4) is 0 Å². The minimum Gasteiger partial charge on any atom is -0.508 e. The van der Waals surface area contributed by atoms with Crippen LogP contribution < -0.4 is 5.32 Å². The third kappa shape index (κ3) is 4.53. The number of phenols is 1. The molecule has 0 aliphatic carbocycles. The minimum atomic E-state index is -0.171. The predicted octanol–water partition coefficient (Wildman–Crippen LogP) is 3.61. The Morgan fingerprint density at radius 1 is 1.31 bits per heavy atom. The van der Waals surface area contributed by atoms with Crippen molar-refractivity contribution in [3.8, 4) is 5.75 Å². The Labute approximate surface area is 159 Å². The molecule has 0 saturated carbocycles. The van der Waals surface area contributed by atoms with Gasteiger partial charge in [-0.2, -0.15) is 0 Å². The first-order valence-electron chi connectivity index (χ1n) is 7.91. The fraction of sp³-hybridized carbons (Fsp3) is 0.167. The summed E-state index contributed by atoms with van der Waals surface area (Å²) < 4.78 is 5.70. The van der Waals surface area contributed by atoms with Gasteiger partial charge in [0.2, 0.25) is 5.91 Å². The lowest BCUT2D eigenvalue weighted by Gasteiger charge is -2.14. The van der Waals surface area contributed by atoms with Crippen LogP contribution >= 0.6 is 24.0 Å². The summed E-state index contributed by atoms with van der Waals surface area (Å²) in [4.78, 5) is 26.4. The standard InChI is InChI=1S/C18H16N2O4S2/c21-13-7-5-12(6-8-13)19-16(22)4-1-9-20-17(23)15(26-18(20)25)11-14-3-2-10-24-14/h2-3,5-8,10-11,21H,1,4,9H2,(H,19,22)/b15-11-. The number of nitrogens with one attached hydrogen (secondary N) is 1. The molecule has 2 heterocycles. The molecule has 0 atom stereocenters. The van der Waals surface area contributed by atoms with E-state index < -0.39 is 0 Å². The lowest BCUT2D eigenvalue weighted by molar-refractivity contribution is -0.122. The molecule has 8 heteroatoms. The molecule has 1 aliphatic rings. The van der Waals surface area contributed by atoms with Crippen molar-refractivity contribution in [3.05, 3.63) is 53.3 Å². The molecule has 0 unspecified atom stereocenters. The molecule has 0 radical (unpaired) electrons. The number of rotatable bonds is 6. The van der Waals surface area contributed by atoms with Gasteiger partial charge in [0, 0.05) is 24.7 Å². The summed E-state index contributed by atoms with van der Waals surface area (Å²) >= 11 is 6.49. The first-order chi connectivity index (χ1) is 12.5. The maximum atomic E-state index is 12.4. The first kappa shape index (κ1) is 18.2. The fourth-order valence-electron chi connectivity index (χ4n) is 2.36. The number of thiocarbonyl (C=S) groups is 1. The van der Waals surface area contributed by atoms with Crippen molar-refractivity contribution in [1.29, 1.82) is 0 Å². The van der Waals surface area contributed by atoms with Crippen molar-refractivity contribution in [2.24, 2.45) is 0 Å². The van der Waals surface area contributed by atoms with Gasteiger partial charge in [-0.3, -0.25) is 14.5 Å². The van der Waals surface area contributed by atoms with Gasteiger partial charge in [0.1, 0.15) is 15.8 Å². The number of phenolic OH excluding ortho intramolecular Hbond substituents is 1. The second kappa shape index (κ2) is 8.20. The van der Waals surface area contributed by atoms with Gasteiger partial charge in [0.05, 0.1) is 11.2 Å². The topological polar surface area (TPSA) is 82.8 Å². The van der Waals surface area contributed by atoms with Gasteiger partial charge < -0.3 is 14.8 Å². The highest BCUT2D eigenvalue weighted by molar-refractivity contribution is 8.26. The Balaban J connectivity index is 1.50. The number of aromatic hydroxyl groups is 1. The van der Waals surface area contributed by atoms with Crippen LogP contribution in [0.4, 0.5) is 5.69 Å². The molecule has 6 nitrogen and oxygen atoms in total. The van der Waals surface area contributed by atoms with Gasteiger partial charge in [-0.1, -0.05) is 24.0 Å². The Hall–Kier alpha value is -2.58. The number of amides is 2. The van der Waals surface area contributed by atoms with E-state index in [0.717, 1.165) is 0 Å². The van der Waals surface area contributed by atoms with Crippen molar-refractivity contribution < 1.29 is 19.1 Å². The van der Waals surface area contributed by atoms with Crippen LogP contribution in [-0.2, 0) is 9.59 Å². The summed E-state index contributed by atoms with van der Waals surface area (Å²) in [6.45, 7) is 0.378.